The number of rotatable bonds is 3. The Bertz CT molecular complexity index is 531. The maximum absolute atomic E-state index is 5.68. The zero-order chi connectivity index (χ0) is 12.4. The molecule has 3 N–H and O–H groups in total. The molecule has 17 heavy (non-hydrogen) atoms. The van der Waals surface area contributed by atoms with Gasteiger partial charge in [0.05, 0.1) is 19.0 Å². The van der Waals surface area contributed by atoms with Crippen molar-refractivity contribution in [3.05, 3.63) is 35.2 Å². The van der Waals surface area contributed by atoms with Crippen molar-refractivity contribution < 1.29 is 4.74 Å². The number of H-pyrrole nitrogens is 1. The topological polar surface area (TPSA) is 63.9 Å². The SMILES string of the molecule is COc1cc(C)c(-c2cn[nH]c2CN)cc1C. The van der Waals surface area contributed by atoms with E-state index in [1.165, 1.54) is 0 Å². The summed E-state index contributed by atoms with van der Waals surface area (Å²) in [6.07, 6.45) is 1.82. The number of ether oxygens (including phenoxy) is 1. The van der Waals surface area contributed by atoms with Crippen LogP contribution in [-0.4, -0.2) is 17.3 Å². The highest BCUT2D eigenvalue weighted by atomic mass is 16.5. The van der Waals surface area contributed by atoms with Crippen molar-refractivity contribution in [2.24, 2.45) is 5.73 Å². The Morgan fingerprint density at radius 3 is 2.65 bits per heavy atom. The molecule has 4 heteroatoms. The molecule has 1 heterocycles. The molecular formula is C13H17N3O. The number of hydrogen-bond donors (Lipinski definition) is 2. The van der Waals surface area contributed by atoms with E-state index in [-0.39, 0.29) is 0 Å². The third-order valence-corrected chi connectivity index (χ3v) is 2.95. The summed E-state index contributed by atoms with van der Waals surface area (Å²) in [5, 5.41) is 6.97. The fourth-order valence-corrected chi connectivity index (χ4v) is 2.00. The van der Waals surface area contributed by atoms with Crippen LogP contribution in [0.1, 0.15) is 16.8 Å². The second-order valence-electron chi connectivity index (χ2n) is 4.10. The molecular weight excluding hydrogens is 214 g/mol. The maximum atomic E-state index is 5.68. The highest BCUT2D eigenvalue weighted by molar-refractivity contribution is 5.70. The van der Waals surface area contributed by atoms with E-state index in [1.807, 2.05) is 19.2 Å². The zero-order valence-electron chi connectivity index (χ0n) is 10.4. The van der Waals surface area contributed by atoms with Gasteiger partial charge in [0, 0.05) is 12.1 Å². The lowest BCUT2D eigenvalue weighted by Gasteiger charge is -2.11. The van der Waals surface area contributed by atoms with Gasteiger partial charge in [0.15, 0.2) is 0 Å². The van der Waals surface area contributed by atoms with E-state index in [1.54, 1.807) is 7.11 Å². The third kappa shape index (κ3) is 2.03. The van der Waals surface area contributed by atoms with E-state index in [2.05, 4.69) is 23.2 Å². The summed E-state index contributed by atoms with van der Waals surface area (Å²) in [4.78, 5) is 0. The summed E-state index contributed by atoms with van der Waals surface area (Å²) in [5.41, 5.74) is 11.1. The van der Waals surface area contributed by atoms with E-state index < -0.39 is 0 Å². The van der Waals surface area contributed by atoms with Gasteiger partial charge in [0.1, 0.15) is 5.75 Å². The molecule has 1 aromatic heterocycles. The fraction of sp³-hybridized carbons (Fsp3) is 0.308. The third-order valence-electron chi connectivity index (χ3n) is 2.95. The van der Waals surface area contributed by atoms with Gasteiger partial charge in [0.25, 0.3) is 0 Å². The smallest absolute Gasteiger partial charge is 0.122 e. The Morgan fingerprint density at radius 2 is 2.00 bits per heavy atom. The first-order valence-corrected chi connectivity index (χ1v) is 5.55. The molecule has 0 atom stereocenters. The Kier molecular flexibility index (Phi) is 3.15. The van der Waals surface area contributed by atoms with Crippen molar-refractivity contribution >= 4 is 0 Å². The van der Waals surface area contributed by atoms with Crippen LogP contribution in [0.15, 0.2) is 18.3 Å². The van der Waals surface area contributed by atoms with Crippen molar-refractivity contribution in [2.45, 2.75) is 20.4 Å². The molecule has 2 aromatic rings. The van der Waals surface area contributed by atoms with Crippen LogP contribution in [0.2, 0.25) is 0 Å². The number of aryl methyl sites for hydroxylation is 2. The summed E-state index contributed by atoms with van der Waals surface area (Å²) < 4.78 is 5.31. The molecule has 4 nitrogen and oxygen atoms in total. The Hall–Kier alpha value is -1.81. The standard InChI is InChI=1S/C13H17N3O/c1-8-5-13(17-3)9(2)4-10(8)11-7-15-16-12(11)6-14/h4-5,7H,6,14H2,1-3H3,(H,15,16). The molecule has 0 amide bonds. The van der Waals surface area contributed by atoms with Gasteiger partial charge < -0.3 is 10.5 Å². The number of aromatic amines is 1. The Balaban J connectivity index is 2.56. The number of nitrogens with zero attached hydrogens (tertiary/aromatic N) is 1. The van der Waals surface area contributed by atoms with Gasteiger partial charge in [-0.05, 0) is 42.7 Å². The van der Waals surface area contributed by atoms with Crippen molar-refractivity contribution in [3.63, 3.8) is 0 Å². The van der Waals surface area contributed by atoms with Gasteiger partial charge in [0.2, 0.25) is 0 Å². The maximum Gasteiger partial charge on any atom is 0.122 e. The van der Waals surface area contributed by atoms with Crippen LogP contribution in [0.4, 0.5) is 0 Å². The van der Waals surface area contributed by atoms with E-state index in [4.69, 9.17) is 10.5 Å². The van der Waals surface area contributed by atoms with Gasteiger partial charge in [-0.1, -0.05) is 0 Å². The van der Waals surface area contributed by atoms with Gasteiger partial charge in [-0.15, -0.1) is 0 Å². The first kappa shape index (κ1) is 11.7. The van der Waals surface area contributed by atoms with E-state index in [0.29, 0.717) is 6.54 Å². The molecule has 0 aliphatic heterocycles. The molecule has 0 aliphatic rings. The molecule has 0 saturated carbocycles. The van der Waals surface area contributed by atoms with Crippen LogP contribution in [-0.2, 0) is 6.54 Å². The number of methoxy groups -OCH3 is 1. The van der Waals surface area contributed by atoms with Crippen LogP contribution < -0.4 is 10.5 Å². The molecule has 2 rings (SSSR count). The van der Waals surface area contributed by atoms with E-state index in [0.717, 1.165) is 33.7 Å². The second-order valence-corrected chi connectivity index (χ2v) is 4.10. The molecule has 90 valence electrons. The molecule has 0 bridgehead atoms. The van der Waals surface area contributed by atoms with Gasteiger partial charge >= 0.3 is 0 Å². The Labute approximate surface area is 101 Å². The predicted octanol–water partition coefficient (Wildman–Crippen LogP) is 2.16. The summed E-state index contributed by atoms with van der Waals surface area (Å²) in [6, 6.07) is 4.15. The fourth-order valence-electron chi connectivity index (χ4n) is 2.00. The molecule has 0 fully saturated rings. The first-order valence-electron chi connectivity index (χ1n) is 5.55. The highest BCUT2D eigenvalue weighted by Crippen LogP contribution is 2.31. The van der Waals surface area contributed by atoms with E-state index in [9.17, 15) is 0 Å². The molecule has 0 spiro atoms. The van der Waals surface area contributed by atoms with Gasteiger partial charge in [-0.3, -0.25) is 5.10 Å². The number of benzene rings is 1. The van der Waals surface area contributed by atoms with Crippen LogP contribution in [0, 0.1) is 13.8 Å². The lowest BCUT2D eigenvalue weighted by Crippen LogP contribution is -1.99. The quantitative estimate of drug-likeness (QED) is 0.850. The number of nitrogens with one attached hydrogen (secondary N) is 1. The molecule has 1 aromatic carbocycles. The number of aromatic nitrogens is 2. The normalized spacial score (nSPS) is 10.6. The molecule has 0 radical (unpaired) electrons. The molecule has 0 saturated heterocycles. The average molecular weight is 231 g/mol. The minimum absolute atomic E-state index is 0.458. The van der Waals surface area contributed by atoms with Gasteiger partial charge in [-0.2, -0.15) is 5.10 Å². The summed E-state index contributed by atoms with van der Waals surface area (Å²) >= 11 is 0. The average Bonchev–Trinajstić information content (AvgIpc) is 2.79. The minimum Gasteiger partial charge on any atom is -0.496 e. The summed E-state index contributed by atoms with van der Waals surface area (Å²) in [5.74, 6) is 0.907. The molecule has 0 unspecified atom stereocenters. The van der Waals surface area contributed by atoms with Crippen LogP contribution in [0.5, 0.6) is 5.75 Å². The summed E-state index contributed by atoms with van der Waals surface area (Å²) in [6.45, 7) is 4.55. The van der Waals surface area contributed by atoms with Gasteiger partial charge in [-0.25, -0.2) is 0 Å². The van der Waals surface area contributed by atoms with E-state index >= 15 is 0 Å². The van der Waals surface area contributed by atoms with Crippen molar-refractivity contribution in [1.29, 1.82) is 0 Å². The van der Waals surface area contributed by atoms with Crippen molar-refractivity contribution in [2.75, 3.05) is 7.11 Å². The second kappa shape index (κ2) is 4.59. The zero-order valence-corrected chi connectivity index (χ0v) is 10.4. The summed E-state index contributed by atoms with van der Waals surface area (Å²) in [7, 11) is 1.69. The number of nitrogens with two attached hydrogens (primary N) is 1. The van der Waals surface area contributed by atoms with Crippen molar-refractivity contribution in [1.82, 2.24) is 10.2 Å². The lowest BCUT2D eigenvalue weighted by atomic mass is 9.98. The largest absolute Gasteiger partial charge is 0.496 e. The first-order chi connectivity index (χ1) is 8.17. The lowest BCUT2D eigenvalue weighted by molar-refractivity contribution is 0.411. The monoisotopic (exact) mass is 231 g/mol. The van der Waals surface area contributed by atoms with Crippen LogP contribution in [0.25, 0.3) is 11.1 Å². The van der Waals surface area contributed by atoms with Crippen LogP contribution >= 0.6 is 0 Å². The Morgan fingerprint density at radius 1 is 1.24 bits per heavy atom. The minimum atomic E-state index is 0.458. The number of hydrogen-bond acceptors (Lipinski definition) is 3. The van der Waals surface area contributed by atoms with Crippen LogP contribution in [0.3, 0.4) is 0 Å². The predicted molar refractivity (Wildman–Crippen MR) is 67.9 cm³/mol. The molecule has 0 aliphatic carbocycles. The van der Waals surface area contributed by atoms with Crippen molar-refractivity contribution in [3.8, 4) is 16.9 Å². The highest BCUT2D eigenvalue weighted by Gasteiger charge is 2.11.